The number of carboxylic acid groups (broad SMARTS) is 1. The number of hydrogen-bond acceptors (Lipinski definition) is 3. The Balaban J connectivity index is 1.46. The lowest BCUT2D eigenvalue weighted by molar-refractivity contribution is 0.0568. The molecule has 162 valence electrons. The average Bonchev–Trinajstić information content (AvgIpc) is 2.79. The SMILES string of the molecule is CCC(F)(CC)CN1CCC(COc2ccc(-c3ccc(C(=O)O)cc3)cc2)CC1. The molecule has 1 N–H and O–H groups in total. The molecule has 1 fully saturated rings. The summed E-state index contributed by atoms with van der Waals surface area (Å²) >= 11 is 0. The van der Waals surface area contributed by atoms with Crippen molar-refractivity contribution in [2.24, 2.45) is 5.92 Å². The van der Waals surface area contributed by atoms with Gasteiger partial charge in [-0.3, -0.25) is 0 Å². The van der Waals surface area contributed by atoms with Gasteiger partial charge in [-0.25, -0.2) is 9.18 Å². The van der Waals surface area contributed by atoms with E-state index >= 15 is 0 Å². The van der Waals surface area contributed by atoms with Crippen LogP contribution in [-0.4, -0.2) is 47.9 Å². The van der Waals surface area contributed by atoms with E-state index in [1.807, 2.05) is 50.2 Å². The predicted octanol–water partition coefficient (Wildman–Crippen LogP) is 5.67. The zero-order valence-electron chi connectivity index (χ0n) is 17.9. The number of hydrogen-bond donors (Lipinski definition) is 1. The Hall–Kier alpha value is -2.40. The molecule has 2 aromatic rings. The smallest absolute Gasteiger partial charge is 0.335 e. The number of aromatic carboxylic acids is 1. The van der Waals surface area contributed by atoms with Crippen LogP contribution in [0.15, 0.2) is 48.5 Å². The maximum Gasteiger partial charge on any atom is 0.335 e. The highest BCUT2D eigenvalue weighted by Crippen LogP contribution is 2.27. The molecule has 0 amide bonds. The normalized spacial score (nSPS) is 15.8. The van der Waals surface area contributed by atoms with Crippen LogP contribution in [0.3, 0.4) is 0 Å². The highest BCUT2D eigenvalue weighted by atomic mass is 19.1. The van der Waals surface area contributed by atoms with E-state index < -0.39 is 11.6 Å². The lowest BCUT2D eigenvalue weighted by Gasteiger charge is -2.36. The van der Waals surface area contributed by atoms with E-state index in [9.17, 15) is 9.18 Å². The van der Waals surface area contributed by atoms with Crippen LogP contribution in [0.4, 0.5) is 4.39 Å². The summed E-state index contributed by atoms with van der Waals surface area (Å²) in [7, 11) is 0. The summed E-state index contributed by atoms with van der Waals surface area (Å²) in [5.74, 6) is 0.417. The van der Waals surface area contributed by atoms with E-state index in [2.05, 4.69) is 4.90 Å². The van der Waals surface area contributed by atoms with Crippen molar-refractivity contribution in [3.8, 4) is 16.9 Å². The van der Waals surface area contributed by atoms with Gasteiger partial charge < -0.3 is 14.7 Å². The summed E-state index contributed by atoms with van der Waals surface area (Å²) in [6.45, 7) is 6.96. The molecule has 3 rings (SSSR count). The molecule has 0 bridgehead atoms. The molecule has 0 radical (unpaired) electrons. The number of nitrogens with zero attached hydrogens (tertiary/aromatic N) is 1. The second kappa shape index (κ2) is 10.1. The Labute approximate surface area is 178 Å². The Morgan fingerprint density at radius 3 is 2.07 bits per heavy atom. The first-order valence-electron chi connectivity index (χ1n) is 10.9. The van der Waals surface area contributed by atoms with Gasteiger partial charge in [0.2, 0.25) is 0 Å². The zero-order valence-corrected chi connectivity index (χ0v) is 17.9. The molecule has 0 atom stereocenters. The molecule has 1 heterocycles. The predicted molar refractivity (Wildman–Crippen MR) is 118 cm³/mol. The van der Waals surface area contributed by atoms with Crippen molar-refractivity contribution in [2.75, 3.05) is 26.2 Å². The molecule has 0 aliphatic carbocycles. The van der Waals surface area contributed by atoms with Crippen molar-refractivity contribution >= 4 is 5.97 Å². The average molecular weight is 414 g/mol. The van der Waals surface area contributed by atoms with Crippen LogP contribution in [0, 0.1) is 5.92 Å². The standard InChI is InChI=1S/C25H32FNO3/c1-3-25(26,4-2)18-27-15-13-19(14-16-27)17-30-23-11-9-21(10-12-23)20-5-7-22(8-6-20)24(28)29/h5-12,19H,3-4,13-18H2,1-2H3,(H,28,29). The minimum absolute atomic E-state index is 0.284. The number of halogens is 1. The van der Waals surface area contributed by atoms with Crippen molar-refractivity contribution in [1.82, 2.24) is 4.90 Å². The number of piperidine rings is 1. The molecule has 2 aromatic carbocycles. The molecular formula is C25H32FNO3. The summed E-state index contributed by atoms with van der Waals surface area (Å²) in [5, 5.41) is 9.00. The first-order chi connectivity index (χ1) is 14.4. The molecule has 1 aliphatic rings. The van der Waals surface area contributed by atoms with E-state index in [0.29, 0.717) is 31.9 Å². The number of carboxylic acids is 1. The maximum absolute atomic E-state index is 14.6. The molecular weight excluding hydrogens is 381 g/mol. The maximum atomic E-state index is 14.6. The van der Waals surface area contributed by atoms with Crippen molar-refractivity contribution in [2.45, 2.75) is 45.2 Å². The third-order valence-corrected chi connectivity index (χ3v) is 6.29. The van der Waals surface area contributed by atoms with Gasteiger partial charge in [-0.05, 0) is 80.1 Å². The Morgan fingerprint density at radius 2 is 1.57 bits per heavy atom. The van der Waals surface area contributed by atoms with Crippen LogP contribution in [0.5, 0.6) is 5.75 Å². The summed E-state index contributed by atoms with van der Waals surface area (Å²) in [4.78, 5) is 13.2. The van der Waals surface area contributed by atoms with Crippen LogP contribution in [0.2, 0.25) is 0 Å². The fourth-order valence-electron chi connectivity index (χ4n) is 3.95. The number of benzene rings is 2. The van der Waals surface area contributed by atoms with Gasteiger partial charge in [0.15, 0.2) is 0 Å². The third kappa shape index (κ3) is 5.82. The molecule has 4 nitrogen and oxygen atoms in total. The molecule has 0 unspecified atom stereocenters. The largest absolute Gasteiger partial charge is 0.493 e. The fraction of sp³-hybridized carbons (Fsp3) is 0.480. The van der Waals surface area contributed by atoms with Gasteiger partial charge in [-0.2, -0.15) is 0 Å². The number of ether oxygens (including phenoxy) is 1. The van der Waals surface area contributed by atoms with Crippen molar-refractivity contribution < 1.29 is 19.0 Å². The summed E-state index contributed by atoms with van der Waals surface area (Å²) in [6, 6.07) is 14.7. The fourth-order valence-corrected chi connectivity index (χ4v) is 3.95. The topological polar surface area (TPSA) is 49.8 Å². The second-order valence-electron chi connectivity index (χ2n) is 8.30. The van der Waals surface area contributed by atoms with E-state index in [1.165, 1.54) is 0 Å². The summed E-state index contributed by atoms with van der Waals surface area (Å²) < 4.78 is 20.6. The molecule has 5 heteroatoms. The summed E-state index contributed by atoms with van der Waals surface area (Å²) in [5.41, 5.74) is 1.22. The lowest BCUT2D eigenvalue weighted by Crippen LogP contribution is -2.44. The number of likely N-dealkylation sites (tertiary alicyclic amines) is 1. The van der Waals surface area contributed by atoms with Gasteiger partial charge in [0.1, 0.15) is 11.4 Å². The van der Waals surface area contributed by atoms with Gasteiger partial charge in [0.25, 0.3) is 0 Å². The van der Waals surface area contributed by atoms with Crippen LogP contribution in [-0.2, 0) is 0 Å². The third-order valence-electron chi connectivity index (χ3n) is 6.29. The quantitative estimate of drug-likeness (QED) is 0.575. The van der Waals surface area contributed by atoms with Gasteiger partial charge in [-0.15, -0.1) is 0 Å². The lowest BCUT2D eigenvalue weighted by atomic mass is 9.94. The van der Waals surface area contributed by atoms with E-state index in [1.54, 1.807) is 12.1 Å². The van der Waals surface area contributed by atoms with E-state index in [0.717, 1.165) is 42.8 Å². The van der Waals surface area contributed by atoms with Crippen molar-refractivity contribution in [3.63, 3.8) is 0 Å². The van der Waals surface area contributed by atoms with Gasteiger partial charge >= 0.3 is 5.97 Å². The van der Waals surface area contributed by atoms with Gasteiger partial charge in [0.05, 0.1) is 12.2 Å². The Morgan fingerprint density at radius 1 is 1.03 bits per heavy atom. The van der Waals surface area contributed by atoms with Crippen LogP contribution < -0.4 is 4.74 Å². The molecule has 0 saturated carbocycles. The van der Waals surface area contributed by atoms with Crippen LogP contribution >= 0.6 is 0 Å². The molecule has 0 spiro atoms. The minimum Gasteiger partial charge on any atom is -0.493 e. The first-order valence-corrected chi connectivity index (χ1v) is 10.9. The van der Waals surface area contributed by atoms with E-state index in [4.69, 9.17) is 9.84 Å². The summed E-state index contributed by atoms with van der Waals surface area (Å²) in [6.07, 6.45) is 3.23. The van der Waals surface area contributed by atoms with Gasteiger partial charge in [0, 0.05) is 6.54 Å². The Bertz CT molecular complexity index is 807. The highest BCUT2D eigenvalue weighted by molar-refractivity contribution is 5.88. The Kier molecular flexibility index (Phi) is 7.48. The molecule has 0 aromatic heterocycles. The monoisotopic (exact) mass is 413 g/mol. The number of carbonyl (C=O) groups is 1. The minimum atomic E-state index is -1.06. The zero-order chi connectivity index (χ0) is 21.6. The molecule has 30 heavy (non-hydrogen) atoms. The first kappa shape index (κ1) is 22.3. The van der Waals surface area contributed by atoms with Gasteiger partial charge in [-0.1, -0.05) is 38.1 Å². The van der Waals surface area contributed by atoms with Crippen LogP contribution in [0.25, 0.3) is 11.1 Å². The van der Waals surface area contributed by atoms with E-state index in [-0.39, 0.29) is 5.56 Å². The highest BCUT2D eigenvalue weighted by Gasteiger charge is 2.30. The van der Waals surface area contributed by atoms with Crippen molar-refractivity contribution in [1.29, 1.82) is 0 Å². The van der Waals surface area contributed by atoms with Crippen molar-refractivity contribution in [3.05, 3.63) is 54.1 Å². The van der Waals surface area contributed by atoms with Crippen LogP contribution in [0.1, 0.15) is 49.9 Å². The number of rotatable bonds is 9. The molecule has 1 aliphatic heterocycles. The number of alkyl halides is 1. The second-order valence-corrected chi connectivity index (χ2v) is 8.30. The molecule has 1 saturated heterocycles.